The third-order valence-corrected chi connectivity index (χ3v) is 10.9. The van der Waals surface area contributed by atoms with Crippen LogP contribution >= 0.6 is 0 Å². The minimum absolute atomic E-state index is 0.0151. The number of sulfonamides is 2. The van der Waals surface area contributed by atoms with Crippen LogP contribution in [0.15, 0.2) is 119 Å². The van der Waals surface area contributed by atoms with E-state index in [-0.39, 0.29) is 43.8 Å². The molecule has 0 aliphatic rings. The lowest BCUT2D eigenvalue weighted by molar-refractivity contribution is -0.107. The molecule has 6 aromatic rings. The quantitative estimate of drug-likeness (QED) is 0.0447. The average Bonchev–Trinajstić information content (AvgIpc) is 3.16. The lowest BCUT2D eigenvalue weighted by Crippen LogP contribution is -2.27. The molecule has 0 saturated heterocycles. The summed E-state index contributed by atoms with van der Waals surface area (Å²) < 4.78 is 67.2. The molecule has 0 heterocycles. The first-order chi connectivity index (χ1) is 25.7. The number of nitrogens with one attached hydrogen (secondary N) is 3. The molecule has 0 aliphatic heterocycles. The molecule has 6 rings (SSSR count). The summed E-state index contributed by atoms with van der Waals surface area (Å²) in [6.07, 6.45) is 0.516. The van der Waals surface area contributed by atoms with Gasteiger partial charge in [0.1, 0.15) is 22.6 Å². The number of benzene rings is 6. The Morgan fingerprint density at radius 3 is 1.50 bits per heavy atom. The van der Waals surface area contributed by atoms with Gasteiger partial charge in [-0.05, 0) is 106 Å². The molecule has 0 bridgehead atoms. The lowest BCUT2D eigenvalue weighted by atomic mass is 10.1. The number of carbonyl (C=O) groups is 3. The molecule has 6 aromatic carbocycles. The van der Waals surface area contributed by atoms with Crippen molar-refractivity contribution in [1.82, 2.24) is 0 Å². The second-order valence-electron chi connectivity index (χ2n) is 11.7. The zero-order chi connectivity index (χ0) is 38.8. The Balaban J connectivity index is 1.24. The van der Waals surface area contributed by atoms with Gasteiger partial charge in [-0.25, -0.2) is 31.4 Å². The van der Waals surface area contributed by atoms with E-state index in [0.717, 1.165) is 37.4 Å². The van der Waals surface area contributed by atoms with Gasteiger partial charge in [-0.1, -0.05) is 24.3 Å². The van der Waals surface area contributed by atoms with Crippen LogP contribution in [0, 0.1) is 0 Å². The number of phenols is 2. The van der Waals surface area contributed by atoms with Gasteiger partial charge >= 0.3 is 11.9 Å². The number of esters is 2. The summed E-state index contributed by atoms with van der Waals surface area (Å²) >= 11 is 0. The molecule has 17 heteroatoms. The van der Waals surface area contributed by atoms with Crippen LogP contribution in [0.2, 0.25) is 0 Å². The second kappa shape index (κ2) is 14.6. The van der Waals surface area contributed by atoms with Gasteiger partial charge in [0.2, 0.25) is 6.41 Å². The van der Waals surface area contributed by atoms with Gasteiger partial charge in [0, 0.05) is 11.4 Å². The Hall–Kier alpha value is -6.85. The highest BCUT2D eigenvalue weighted by Crippen LogP contribution is 2.30. The molecule has 0 unspecified atom stereocenters. The number of ether oxygens (including phenoxy) is 2. The van der Waals surface area contributed by atoms with Crippen molar-refractivity contribution in [2.24, 2.45) is 0 Å². The number of anilines is 4. The molecular weight excluding hydrogens is 741 g/mol. The van der Waals surface area contributed by atoms with Gasteiger partial charge in [-0.3, -0.25) is 19.7 Å². The van der Waals surface area contributed by atoms with Crippen molar-refractivity contribution in [2.75, 3.05) is 34.1 Å². The van der Waals surface area contributed by atoms with Gasteiger partial charge in [-0.2, -0.15) is 0 Å². The largest absolute Gasteiger partial charge is 0.507 e. The lowest BCUT2D eigenvalue weighted by Gasteiger charge is -2.21. The molecule has 54 heavy (non-hydrogen) atoms. The molecular formula is C37H30N4O11S2. The zero-order valence-electron chi connectivity index (χ0n) is 28.3. The summed E-state index contributed by atoms with van der Waals surface area (Å²) in [6.45, 7) is 0. The van der Waals surface area contributed by atoms with Crippen molar-refractivity contribution in [2.45, 2.75) is 9.79 Å². The molecule has 0 spiro atoms. The number of hydrogen-bond donors (Lipinski definition) is 5. The van der Waals surface area contributed by atoms with E-state index in [1.807, 2.05) is 0 Å². The zero-order valence-corrected chi connectivity index (χ0v) is 29.9. The van der Waals surface area contributed by atoms with Crippen LogP contribution < -0.4 is 19.9 Å². The second-order valence-corrected chi connectivity index (χ2v) is 15.0. The SMILES string of the molecule is COC(=O)c1cc(NS(=O)(=O)c2ccc3ccc(NN(C=O)c4ccc5ccc(S(=O)(=O)Nc6ccc(O)c(C(=O)OC)c6)cc5c4)cc3c2)ccc1O. The summed E-state index contributed by atoms with van der Waals surface area (Å²) in [5, 5.41) is 23.4. The minimum atomic E-state index is -4.17. The van der Waals surface area contributed by atoms with E-state index < -0.39 is 32.0 Å². The number of fused-ring (bicyclic) bond motifs is 2. The van der Waals surface area contributed by atoms with E-state index >= 15 is 0 Å². The van der Waals surface area contributed by atoms with Crippen molar-refractivity contribution in [3.05, 3.63) is 120 Å². The minimum Gasteiger partial charge on any atom is -0.507 e. The first kappa shape index (κ1) is 36.9. The molecule has 0 atom stereocenters. The standard InChI is InChI=1S/C37H30N4O11S2/c1-51-36(45)32-19-27(8-13-34(32)43)39-53(47,48)30-11-5-22-3-7-26(15-24(22)17-30)38-41(21-42)29-10-4-23-6-12-31(18-25(23)16-29)54(49,50)40-28-9-14-35(44)33(20-28)37(46)52-2/h3-21,38-40,43-44H,1-2H3. The van der Waals surface area contributed by atoms with Gasteiger partial charge in [0.25, 0.3) is 20.0 Å². The van der Waals surface area contributed by atoms with E-state index in [9.17, 15) is 41.4 Å². The number of methoxy groups -OCH3 is 2. The number of phenolic OH excluding ortho intramolecular Hbond substituents is 2. The van der Waals surface area contributed by atoms with E-state index in [1.54, 1.807) is 48.5 Å². The average molecular weight is 771 g/mol. The predicted octanol–water partition coefficient (Wildman–Crippen LogP) is 5.57. The summed E-state index contributed by atoms with van der Waals surface area (Å²) in [5.41, 5.74) is 3.33. The number of carbonyl (C=O) groups excluding carboxylic acids is 3. The predicted molar refractivity (Wildman–Crippen MR) is 201 cm³/mol. The number of rotatable bonds is 12. The first-order valence-electron chi connectivity index (χ1n) is 15.7. The number of aromatic hydroxyl groups is 2. The summed E-state index contributed by atoms with van der Waals surface area (Å²) in [5.74, 6) is -2.45. The van der Waals surface area contributed by atoms with Crippen LogP contribution in [0.1, 0.15) is 20.7 Å². The van der Waals surface area contributed by atoms with Crippen molar-refractivity contribution in [3.63, 3.8) is 0 Å². The van der Waals surface area contributed by atoms with Crippen molar-refractivity contribution < 1.29 is 50.9 Å². The number of hydrogen-bond acceptors (Lipinski definition) is 12. The van der Waals surface area contributed by atoms with Gasteiger partial charge in [-0.15, -0.1) is 0 Å². The third-order valence-electron chi connectivity index (χ3n) is 8.17. The Morgan fingerprint density at radius 1 is 0.574 bits per heavy atom. The Labute approximate surface area is 308 Å². The fourth-order valence-corrected chi connectivity index (χ4v) is 7.62. The van der Waals surface area contributed by atoms with Crippen molar-refractivity contribution in [1.29, 1.82) is 0 Å². The van der Waals surface area contributed by atoms with Gasteiger partial charge in [0.05, 0.1) is 35.4 Å². The Morgan fingerprint density at radius 2 is 1.02 bits per heavy atom. The highest BCUT2D eigenvalue weighted by atomic mass is 32.2. The van der Waals surface area contributed by atoms with E-state index in [4.69, 9.17) is 0 Å². The highest BCUT2D eigenvalue weighted by Gasteiger charge is 2.20. The molecule has 0 aliphatic carbocycles. The number of hydrazine groups is 1. The fraction of sp³-hybridized carbons (Fsp3) is 0.0541. The fourth-order valence-electron chi connectivity index (χ4n) is 5.46. The van der Waals surface area contributed by atoms with Crippen molar-refractivity contribution in [3.8, 4) is 11.5 Å². The van der Waals surface area contributed by atoms with Crippen LogP contribution in [0.3, 0.4) is 0 Å². The highest BCUT2D eigenvalue weighted by molar-refractivity contribution is 7.93. The van der Waals surface area contributed by atoms with Crippen LogP contribution in [-0.2, 0) is 34.3 Å². The molecule has 15 nitrogen and oxygen atoms in total. The van der Waals surface area contributed by atoms with Gasteiger partial charge in [0.15, 0.2) is 0 Å². The summed E-state index contributed by atoms with van der Waals surface area (Å²) in [6, 6.07) is 26.0. The Kier molecular flexibility index (Phi) is 10.0. The smallest absolute Gasteiger partial charge is 0.341 e. The van der Waals surface area contributed by atoms with Gasteiger partial charge < -0.3 is 19.7 Å². The maximum Gasteiger partial charge on any atom is 0.341 e. The molecule has 5 N–H and O–H groups in total. The maximum atomic E-state index is 13.3. The molecule has 276 valence electrons. The van der Waals surface area contributed by atoms with Crippen LogP contribution in [0.25, 0.3) is 21.5 Å². The van der Waals surface area contributed by atoms with Crippen molar-refractivity contribution >= 4 is 82.7 Å². The molecule has 0 aromatic heterocycles. The third kappa shape index (κ3) is 7.67. The molecule has 0 saturated carbocycles. The van der Waals surface area contributed by atoms with Crippen LogP contribution in [-0.4, -0.2) is 59.6 Å². The topological polar surface area (TPSA) is 218 Å². The first-order valence-corrected chi connectivity index (χ1v) is 18.6. The molecule has 0 fully saturated rings. The number of nitrogens with zero attached hydrogens (tertiary/aromatic N) is 1. The van der Waals surface area contributed by atoms with E-state index in [0.29, 0.717) is 39.3 Å². The Bertz CT molecular complexity index is 2700. The monoisotopic (exact) mass is 770 g/mol. The normalized spacial score (nSPS) is 11.4. The maximum absolute atomic E-state index is 13.3. The van der Waals surface area contributed by atoms with E-state index in [2.05, 4.69) is 24.3 Å². The number of amides is 1. The summed E-state index contributed by atoms with van der Waals surface area (Å²) in [4.78, 5) is 36.0. The summed E-state index contributed by atoms with van der Waals surface area (Å²) in [7, 11) is -6.08. The molecule has 0 radical (unpaired) electrons. The molecule has 1 amide bonds. The van der Waals surface area contributed by atoms with E-state index in [1.165, 1.54) is 42.5 Å². The van der Waals surface area contributed by atoms with Crippen LogP contribution in [0.5, 0.6) is 11.5 Å². The van der Waals surface area contributed by atoms with Crippen LogP contribution in [0.4, 0.5) is 22.7 Å².